The molecule has 6 nitrogen and oxygen atoms in total. The molecule has 1 amide bonds. The second kappa shape index (κ2) is 7.46. The molecule has 4 rings (SSSR count). The van der Waals surface area contributed by atoms with Crippen LogP contribution in [-0.2, 0) is 4.79 Å². The summed E-state index contributed by atoms with van der Waals surface area (Å²) in [5.74, 6) is 2.00. The van der Waals surface area contributed by atoms with E-state index in [9.17, 15) is 4.79 Å². The maximum Gasteiger partial charge on any atom is 0.233 e. The highest BCUT2D eigenvalue weighted by molar-refractivity contribution is 7.99. The second-order valence-corrected chi connectivity index (χ2v) is 8.46. The summed E-state index contributed by atoms with van der Waals surface area (Å²) in [6.45, 7) is 4.17. The van der Waals surface area contributed by atoms with Crippen LogP contribution >= 0.6 is 11.8 Å². The normalized spacial score (nSPS) is 20.3. The van der Waals surface area contributed by atoms with E-state index in [1.54, 1.807) is 4.52 Å². The Labute approximate surface area is 163 Å². The molecule has 142 valence electrons. The van der Waals surface area contributed by atoms with Crippen molar-refractivity contribution in [2.75, 3.05) is 12.8 Å². The molecular formula is C20H25N5OS. The molecule has 1 aliphatic rings. The van der Waals surface area contributed by atoms with E-state index in [0.717, 1.165) is 35.3 Å². The van der Waals surface area contributed by atoms with Gasteiger partial charge in [0, 0.05) is 18.5 Å². The molecule has 7 heteroatoms. The smallest absolute Gasteiger partial charge is 0.233 e. The van der Waals surface area contributed by atoms with E-state index >= 15 is 0 Å². The Morgan fingerprint density at radius 1 is 1.22 bits per heavy atom. The number of carbonyl (C=O) groups excluding carboxylic acids is 1. The van der Waals surface area contributed by atoms with E-state index in [2.05, 4.69) is 17.0 Å². The van der Waals surface area contributed by atoms with Gasteiger partial charge in [-0.1, -0.05) is 30.8 Å². The first kappa shape index (κ1) is 18.2. The highest BCUT2D eigenvalue weighted by Gasteiger charge is 2.25. The van der Waals surface area contributed by atoms with Crippen molar-refractivity contribution < 1.29 is 4.79 Å². The zero-order valence-electron chi connectivity index (χ0n) is 16.1. The van der Waals surface area contributed by atoms with Crippen LogP contribution < -0.4 is 0 Å². The van der Waals surface area contributed by atoms with Crippen molar-refractivity contribution in [1.29, 1.82) is 0 Å². The van der Waals surface area contributed by atoms with E-state index < -0.39 is 0 Å². The fraction of sp³-hybridized carbons (Fsp3) is 0.500. The highest BCUT2D eigenvalue weighted by atomic mass is 32.2. The van der Waals surface area contributed by atoms with Gasteiger partial charge in [-0.25, -0.2) is 9.97 Å². The molecule has 0 radical (unpaired) electrons. The van der Waals surface area contributed by atoms with Crippen LogP contribution in [0.2, 0.25) is 0 Å². The zero-order valence-corrected chi connectivity index (χ0v) is 16.9. The average molecular weight is 384 g/mol. The van der Waals surface area contributed by atoms with Crippen LogP contribution in [0.15, 0.2) is 29.4 Å². The maximum atomic E-state index is 12.7. The van der Waals surface area contributed by atoms with Crippen molar-refractivity contribution in [3.8, 4) is 0 Å². The summed E-state index contributed by atoms with van der Waals surface area (Å²) in [6, 6.07) is 8.29. The molecule has 0 bridgehead atoms. The zero-order chi connectivity index (χ0) is 19.0. The van der Waals surface area contributed by atoms with Crippen LogP contribution in [0.4, 0.5) is 0 Å². The third-order valence-corrected chi connectivity index (χ3v) is 6.42. The van der Waals surface area contributed by atoms with E-state index in [4.69, 9.17) is 4.98 Å². The Balaban J connectivity index is 1.53. The number of aryl methyl sites for hydroxylation is 1. The fourth-order valence-electron chi connectivity index (χ4n) is 3.79. The first-order valence-electron chi connectivity index (χ1n) is 9.53. The van der Waals surface area contributed by atoms with Gasteiger partial charge in [0.2, 0.25) is 5.91 Å². The predicted molar refractivity (Wildman–Crippen MR) is 108 cm³/mol. The summed E-state index contributed by atoms with van der Waals surface area (Å²) >= 11 is 1.44. The molecule has 0 atom stereocenters. The molecule has 1 fully saturated rings. The number of hydrogen-bond acceptors (Lipinski definition) is 5. The largest absolute Gasteiger partial charge is 0.342 e. The number of aromatic nitrogens is 4. The molecule has 0 saturated heterocycles. The highest BCUT2D eigenvalue weighted by Crippen LogP contribution is 2.28. The molecule has 1 aliphatic carbocycles. The van der Waals surface area contributed by atoms with E-state index in [1.165, 1.54) is 24.6 Å². The average Bonchev–Trinajstić information content (AvgIpc) is 3.07. The van der Waals surface area contributed by atoms with Crippen molar-refractivity contribution in [2.24, 2.45) is 5.92 Å². The number of para-hydroxylation sites is 1. The van der Waals surface area contributed by atoms with Crippen LogP contribution in [0.5, 0.6) is 0 Å². The second-order valence-electron chi connectivity index (χ2n) is 7.51. The molecule has 27 heavy (non-hydrogen) atoms. The van der Waals surface area contributed by atoms with Crippen LogP contribution in [-0.4, -0.2) is 49.2 Å². The summed E-state index contributed by atoms with van der Waals surface area (Å²) in [6.07, 6.45) is 4.63. The van der Waals surface area contributed by atoms with Crippen LogP contribution in [0.1, 0.15) is 38.4 Å². The first-order valence-corrected chi connectivity index (χ1v) is 10.5. The Morgan fingerprint density at radius 2 is 1.96 bits per heavy atom. The lowest BCUT2D eigenvalue weighted by atomic mass is 9.87. The summed E-state index contributed by atoms with van der Waals surface area (Å²) in [5.41, 5.74) is 1.67. The molecule has 2 aromatic heterocycles. The molecule has 1 aromatic carbocycles. The van der Waals surface area contributed by atoms with Gasteiger partial charge >= 0.3 is 0 Å². The fourth-order valence-corrected chi connectivity index (χ4v) is 4.66. The minimum Gasteiger partial charge on any atom is -0.342 e. The number of thioether (sulfide) groups is 1. The SMILES string of the molecule is Cc1nc2c3ccccc3nc(SCC(=O)N(C)C3CCC(C)CC3)n2n1. The van der Waals surface area contributed by atoms with E-state index in [1.807, 2.05) is 43.1 Å². The molecule has 0 spiro atoms. The van der Waals surface area contributed by atoms with Gasteiger partial charge in [0.05, 0.1) is 11.3 Å². The number of rotatable bonds is 4. The van der Waals surface area contributed by atoms with Gasteiger partial charge in [0.15, 0.2) is 10.8 Å². The van der Waals surface area contributed by atoms with Gasteiger partial charge in [-0.2, -0.15) is 4.52 Å². The van der Waals surface area contributed by atoms with Crippen molar-refractivity contribution in [1.82, 2.24) is 24.5 Å². The number of fused-ring (bicyclic) bond motifs is 3. The summed E-state index contributed by atoms with van der Waals surface area (Å²) in [5, 5.41) is 6.17. The predicted octanol–water partition coefficient (Wildman–Crippen LogP) is 3.72. The monoisotopic (exact) mass is 383 g/mol. The number of amides is 1. The lowest BCUT2D eigenvalue weighted by molar-refractivity contribution is -0.129. The van der Waals surface area contributed by atoms with Crippen molar-refractivity contribution >= 4 is 34.2 Å². The van der Waals surface area contributed by atoms with Crippen LogP contribution in [0.25, 0.3) is 16.6 Å². The summed E-state index contributed by atoms with van der Waals surface area (Å²) < 4.78 is 1.76. The Morgan fingerprint density at radius 3 is 2.74 bits per heavy atom. The molecule has 1 saturated carbocycles. The lowest BCUT2D eigenvalue weighted by Crippen LogP contribution is -2.40. The van der Waals surface area contributed by atoms with Crippen molar-refractivity contribution in [3.05, 3.63) is 30.1 Å². The third kappa shape index (κ3) is 3.65. The summed E-state index contributed by atoms with van der Waals surface area (Å²) in [4.78, 5) is 23.9. The van der Waals surface area contributed by atoms with Gasteiger partial charge in [0.25, 0.3) is 0 Å². The van der Waals surface area contributed by atoms with Gasteiger partial charge in [0.1, 0.15) is 5.82 Å². The number of nitrogens with zero attached hydrogens (tertiary/aromatic N) is 5. The topological polar surface area (TPSA) is 63.4 Å². The summed E-state index contributed by atoms with van der Waals surface area (Å²) in [7, 11) is 1.94. The van der Waals surface area contributed by atoms with Crippen LogP contribution in [0, 0.1) is 12.8 Å². The number of benzene rings is 1. The lowest BCUT2D eigenvalue weighted by Gasteiger charge is -2.33. The minimum atomic E-state index is 0.152. The third-order valence-electron chi connectivity index (χ3n) is 5.51. The van der Waals surface area contributed by atoms with Gasteiger partial charge in [-0.15, -0.1) is 5.10 Å². The van der Waals surface area contributed by atoms with Crippen molar-refractivity contribution in [2.45, 2.75) is 50.7 Å². The van der Waals surface area contributed by atoms with Gasteiger partial charge in [-0.3, -0.25) is 4.79 Å². The molecular weight excluding hydrogens is 358 g/mol. The number of carbonyl (C=O) groups is 1. The Kier molecular flexibility index (Phi) is 5.04. The van der Waals surface area contributed by atoms with Gasteiger partial charge < -0.3 is 4.90 Å². The van der Waals surface area contributed by atoms with Crippen molar-refractivity contribution in [3.63, 3.8) is 0 Å². The van der Waals surface area contributed by atoms with Crippen LogP contribution in [0.3, 0.4) is 0 Å². The first-order chi connectivity index (χ1) is 13.0. The molecule has 0 aliphatic heterocycles. The Bertz CT molecular complexity index is 977. The Hall–Kier alpha value is -2.15. The molecule has 2 heterocycles. The van der Waals surface area contributed by atoms with E-state index in [0.29, 0.717) is 22.8 Å². The maximum absolute atomic E-state index is 12.7. The quantitative estimate of drug-likeness (QED) is 0.508. The minimum absolute atomic E-state index is 0.152. The molecule has 3 aromatic rings. The molecule has 0 N–H and O–H groups in total. The van der Waals surface area contributed by atoms with E-state index in [-0.39, 0.29) is 5.91 Å². The standard InChI is InChI=1S/C20H25N5OS/c1-13-8-10-15(11-9-13)24(3)18(26)12-27-20-22-17-7-5-4-6-16(17)19-21-14(2)23-25(19)20/h4-7,13,15H,8-12H2,1-3H3. The van der Waals surface area contributed by atoms with Gasteiger partial charge in [-0.05, 0) is 50.7 Å². The molecule has 0 unspecified atom stereocenters. The number of hydrogen-bond donors (Lipinski definition) is 0.